The predicted molar refractivity (Wildman–Crippen MR) is 93.8 cm³/mol. The molecule has 0 unspecified atom stereocenters. The Morgan fingerprint density at radius 1 is 1.00 bits per heavy atom. The SMILES string of the molecule is CC(C)(O)CCn1cnc2ccc(Oc3ccc(OC(F)(F)F)cc3)cc21. The second-order valence-corrected chi connectivity index (χ2v) is 6.77. The van der Waals surface area contributed by atoms with Crippen molar-refractivity contribution in [3.8, 4) is 17.2 Å². The molecule has 2 aromatic carbocycles. The van der Waals surface area contributed by atoms with E-state index in [2.05, 4.69) is 9.72 Å². The highest BCUT2D eigenvalue weighted by molar-refractivity contribution is 5.77. The summed E-state index contributed by atoms with van der Waals surface area (Å²) in [6.07, 6.45) is -2.47. The maximum atomic E-state index is 12.2. The highest BCUT2D eigenvalue weighted by atomic mass is 19.4. The molecule has 0 amide bonds. The van der Waals surface area contributed by atoms with E-state index in [4.69, 9.17) is 4.74 Å². The summed E-state index contributed by atoms with van der Waals surface area (Å²) in [6, 6.07) is 10.5. The zero-order valence-corrected chi connectivity index (χ0v) is 14.8. The number of nitrogens with zero attached hydrogens (tertiary/aromatic N) is 2. The van der Waals surface area contributed by atoms with Gasteiger partial charge in [-0.15, -0.1) is 13.2 Å². The van der Waals surface area contributed by atoms with Gasteiger partial charge in [0.2, 0.25) is 0 Å². The van der Waals surface area contributed by atoms with Crippen LogP contribution in [0.25, 0.3) is 11.0 Å². The van der Waals surface area contributed by atoms with Crippen LogP contribution in [-0.4, -0.2) is 26.6 Å². The van der Waals surface area contributed by atoms with E-state index in [-0.39, 0.29) is 5.75 Å². The first-order valence-electron chi connectivity index (χ1n) is 8.30. The number of benzene rings is 2. The molecular weight excluding hydrogens is 361 g/mol. The molecule has 8 heteroatoms. The van der Waals surface area contributed by atoms with Gasteiger partial charge in [0.15, 0.2) is 0 Å². The largest absolute Gasteiger partial charge is 0.573 e. The van der Waals surface area contributed by atoms with Crippen LogP contribution in [0, 0.1) is 0 Å². The number of fused-ring (bicyclic) bond motifs is 1. The Balaban J connectivity index is 1.75. The normalized spacial score (nSPS) is 12.4. The van der Waals surface area contributed by atoms with E-state index < -0.39 is 12.0 Å². The van der Waals surface area contributed by atoms with Crippen LogP contribution in [0.15, 0.2) is 48.8 Å². The number of rotatable bonds is 6. The summed E-state index contributed by atoms with van der Waals surface area (Å²) < 4.78 is 48.1. The van der Waals surface area contributed by atoms with Crippen LogP contribution in [0.5, 0.6) is 17.2 Å². The minimum absolute atomic E-state index is 0.310. The van der Waals surface area contributed by atoms with Crippen molar-refractivity contribution in [1.82, 2.24) is 9.55 Å². The molecule has 5 nitrogen and oxygen atoms in total. The number of ether oxygens (including phenoxy) is 2. The van der Waals surface area contributed by atoms with Gasteiger partial charge in [0, 0.05) is 12.6 Å². The molecule has 0 bridgehead atoms. The van der Waals surface area contributed by atoms with Gasteiger partial charge in [0.05, 0.1) is 23.0 Å². The Morgan fingerprint density at radius 3 is 2.26 bits per heavy atom. The molecule has 1 aromatic heterocycles. The molecule has 144 valence electrons. The maximum absolute atomic E-state index is 12.2. The molecule has 0 saturated heterocycles. The molecule has 0 aliphatic carbocycles. The van der Waals surface area contributed by atoms with Gasteiger partial charge < -0.3 is 19.1 Å². The van der Waals surface area contributed by atoms with Crippen molar-refractivity contribution in [3.05, 3.63) is 48.8 Å². The van der Waals surface area contributed by atoms with Crippen molar-refractivity contribution in [2.75, 3.05) is 0 Å². The average molecular weight is 380 g/mol. The zero-order chi connectivity index (χ0) is 19.7. The fraction of sp³-hybridized carbons (Fsp3) is 0.316. The van der Waals surface area contributed by atoms with Gasteiger partial charge in [-0.05, 0) is 56.7 Å². The van der Waals surface area contributed by atoms with Gasteiger partial charge in [0.25, 0.3) is 0 Å². The lowest BCUT2D eigenvalue weighted by atomic mass is 10.1. The monoisotopic (exact) mass is 380 g/mol. The standard InChI is InChI=1S/C19H19F3N2O3/c1-18(2,25)9-10-24-12-23-16-8-7-15(11-17(16)24)26-13-3-5-14(6-4-13)27-19(20,21)22/h3-8,11-12,25H,9-10H2,1-2H3. The van der Waals surface area contributed by atoms with E-state index in [9.17, 15) is 18.3 Å². The van der Waals surface area contributed by atoms with Crippen LogP contribution in [0.1, 0.15) is 20.3 Å². The van der Waals surface area contributed by atoms with Crippen molar-refractivity contribution in [3.63, 3.8) is 0 Å². The number of aliphatic hydroxyl groups is 1. The van der Waals surface area contributed by atoms with Crippen molar-refractivity contribution in [2.24, 2.45) is 0 Å². The Kier molecular flexibility index (Phi) is 5.01. The van der Waals surface area contributed by atoms with Crippen LogP contribution in [0.4, 0.5) is 13.2 Å². The highest BCUT2D eigenvalue weighted by Gasteiger charge is 2.31. The number of halogens is 3. The summed E-state index contributed by atoms with van der Waals surface area (Å²) in [7, 11) is 0. The molecule has 3 aromatic rings. The molecule has 1 heterocycles. The number of hydrogen-bond acceptors (Lipinski definition) is 4. The Labute approximate surface area is 154 Å². The van der Waals surface area contributed by atoms with Crippen LogP contribution in [0.2, 0.25) is 0 Å². The summed E-state index contributed by atoms with van der Waals surface area (Å²) in [5.41, 5.74) is 0.839. The van der Waals surface area contributed by atoms with Gasteiger partial charge in [-0.3, -0.25) is 0 Å². The molecular formula is C19H19F3N2O3. The van der Waals surface area contributed by atoms with E-state index in [1.54, 1.807) is 38.4 Å². The Bertz CT molecular complexity index is 913. The predicted octanol–water partition coefficient (Wildman–Crippen LogP) is 4.89. The summed E-state index contributed by atoms with van der Waals surface area (Å²) in [5, 5.41) is 9.89. The molecule has 0 radical (unpaired) electrons. The maximum Gasteiger partial charge on any atom is 0.573 e. The van der Waals surface area contributed by atoms with Gasteiger partial charge in [-0.25, -0.2) is 4.98 Å². The topological polar surface area (TPSA) is 56.5 Å². The van der Waals surface area contributed by atoms with Crippen LogP contribution >= 0.6 is 0 Å². The smallest absolute Gasteiger partial charge is 0.457 e. The second kappa shape index (κ2) is 7.11. The van der Waals surface area contributed by atoms with E-state index >= 15 is 0 Å². The van der Waals surface area contributed by atoms with Crippen LogP contribution < -0.4 is 9.47 Å². The van der Waals surface area contributed by atoms with E-state index in [1.807, 2.05) is 4.57 Å². The molecule has 1 N–H and O–H groups in total. The molecule has 0 aliphatic rings. The van der Waals surface area contributed by atoms with Gasteiger partial charge in [-0.2, -0.15) is 0 Å². The second-order valence-electron chi connectivity index (χ2n) is 6.77. The minimum Gasteiger partial charge on any atom is -0.457 e. The average Bonchev–Trinajstić information content (AvgIpc) is 2.95. The van der Waals surface area contributed by atoms with Crippen molar-refractivity contribution in [2.45, 2.75) is 38.8 Å². The number of hydrogen-bond donors (Lipinski definition) is 1. The fourth-order valence-electron chi connectivity index (χ4n) is 2.52. The first-order valence-corrected chi connectivity index (χ1v) is 8.30. The Hall–Kier alpha value is -2.74. The first kappa shape index (κ1) is 19.0. The Morgan fingerprint density at radius 2 is 1.63 bits per heavy atom. The molecule has 0 atom stereocenters. The van der Waals surface area contributed by atoms with E-state index in [1.165, 1.54) is 24.3 Å². The third-order valence-electron chi connectivity index (χ3n) is 3.85. The number of imidazole rings is 1. The lowest BCUT2D eigenvalue weighted by Crippen LogP contribution is -2.20. The molecule has 0 saturated carbocycles. The van der Waals surface area contributed by atoms with Crippen LogP contribution in [-0.2, 0) is 6.54 Å². The summed E-state index contributed by atoms with van der Waals surface area (Å²) in [4.78, 5) is 4.32. The quantitative estimate of drug-likeness (QED) is 0.662. The molecule has 0 aliphatic heterocycles. The third kappa shape index (κ3) is 5.37. The number of alkyl halides is 3. The molecule has 27 heavy (non-hydrogen) atoms. The van der Waals surface area contributed by atoms with Gasteiger partial charge in [0.1, 0.15) is 17.2 Å². The highest BCUT2D eigenvalue weighted by Crippen LogP contribution is 2.29. The summed E-state index contributed by atoms with van der Waals surface area (Å²) in [6.45, 7) is 4.08. The lowest BCUT2D eigenvalue weighted by Gasteiger charge is -2.17. The minimum atomic E-state index is -4.73. The number of aromatic nitrogens is 2. The first-order chi connectivity index (χ1) is 12.6. The molecule has 0 spiro atoms. The van der Waals surface area contributed by atoms with Gasteiger partial charge in [-0.1, -0.05) is 0 Å². The van der Waals surface area contributed by atoms with Crippen LogP contribution in [0.3, 0.4) is 0 Å². The molecule has 0 fully saturated rings. The van der Waals surface area contributed by atoms with E-state index in [0.29, 0.717) is 24.5 Å². The zero-order valence-electron chi connectivity index (χ0n) is 14.8. The molecule has 3 rings (SSSR count). The lowest BCUT2D eigenvalue weighted by molar-refractivity contribution is -0.274. The number of aryl methyl sites for hydroxylation is 1. The fourth-order valence-corrected chi connectivity index (χ4v) is 2.52. The van der Waals surface area contributed by atoms with Crippen molar-refractivity contribution < 1.29 is 27.8 Å². The van der Waals surface area contributed by atoms with Crippen molar-refractivity contribution in [1.29, 1.82) is 0 Å². The van der Waals surface area contributed by atoms with Crippen molar-refractivity contribution >= 4 is 11.0 Å². The summed E-state index contributed by atoms with van der Waals surface area (Å²) in [5.74, 6) is 0.596. The van der Waals surface area contributed by atoms with Gasteiger partial charge >= 0.3 is 6.36 Å². The third-order valence-corrected chi connectivity index (χ3v) is 3.85. The summed E-state index contributed by atoms with van der Waals surface area (Å²) >= 11 is 0. The van der Waals surface area contributed by atoms with E-state index in [0.717, 1.165) is 11.0 Å².